The van der Waals surface area contributed by atoms with Crippen molar-refractivity contribution in [3.05, 3.63) is 12.7 Å². The van der Waals surface area contributed by atoms with Crippen LogP contribution in [0.3, 0.4) is 0 Å². The molecule has 0 bridgehead atoms. The molecule has 1 saturated heterocycles. The van der Waals surface area contributed by atoms with E-state index in [0.29, 0.717) is 13.1 Å². The van der Waals surface area contributed by atoms with E-state index >= 15 is 0 Å². The van der Waals surface area contributed by atoms with Gasteiger partial charge in [-0.05, 0) is 6.92 Å². The van der Waals surface area contributed by atoms with Gasteiger partial charge in [-0.3, -0.25) is 4.99 Å². The lowest BCUT2D eigenvalue weighted by molar-refractivity contribution is -0.150. The van der Waals surface area contributed by atoms with Crippen LogP contribution >= 0.6 is 24.2 Å². The minimum absolute atomic E-state index is 0. The highest BCUT2D eigenvalue weighted by molar-refractivity contribution is 8.14. The number of hydrogen-bond acceptors (Lipinski definition) is 7. The molecule has 116 valence electrons. The fourth-order valence-corrected chi connectivity index (χ4v) is 3.35. The number of halogens is 1. The summed E-state index contributed by atoms with van der Waals surface area (Å²) >= 11 is 1.47. The highest BCUT2D eigenvalue weighted by Gasteiger charge is 2.47. The van der Waals surface area contributed by atoms with Gasteiger partial charge in [0, 0.05) is 19.6 Å². The molecule has 4 N–H and O–H groups in total. The van der Waals surface area contributed by atoms with E-state index in [0.717, 1.165) is 11.7 Å². The lowest BCUT2D eigenvalue weighted by atomic mass is 9.98. The van der Waals surface area contributed by atoms with Crippen LogP contribution < -0.4 is 10.6 Å². The lowest BCUT2D eigenvalue weighted by Crippen LogP contribution is -2.57. The van der Waals surface area contributed by atoms with Gasteiger partial charge in [0.05, 0.1) is 0 Å². The second kappa shape index (κ2) is 8.21. The molecule has 5 atom stereocenters. The van der Waals surface area contributed by atoms with E-state index in [4.69, 9.17) is 4.74 Å². The summed E-state index contributed by atoms with van der Waals surface area (Å²) in [6, 6.07) is -0.398. The zero-order valence-electron chi connectivity index (χ0n) is 11.4. The highest BCUT2D eigenvalue weighted by atomic mass is 35.5. The summed E-state index contributed by atoms with van der Waals surface area (Å²) in [5, 5.41) is 27.2. The molecular formula is C12H22ClN3O3S. The number of thioether (sulfide) groups is 1. The minimum atomic E-state index is -0.927. The van der Waals surface area contributed by atoms with Gasteiger partial charge in [0.15, 0.2) is 5.17 Å². The van der Waals surface area contributed by atoms with Gasteiger partial charge >= 0.3 is 0 Å². The number of amidine groups is 1. The maximum absolute atomic E-state index is 10.1. The van der Waals surface area contributed by atoms with Gasteiger partial charge in [-0.2, -0.15) is 0 Å². The Morgan fingerprint density at radius 2 is 2.20 bits per heavy atom. The Hall–Kier alpha value is -0.310. The van der Waals surface area contributed by atoms with Gasteiger partial charge in [-0.25, -0.2) is 0 Å². The van der Waals surface area contributed by atoms with Crippen molar-refractivity contribution in [3.63, 3.8) is 0 Å². The Labute approximate surface area is 129 Å². The molecule has 0 unspecified atom stereocenters. The molecule has 0 aromatic heterocycles. The molecule has 6 nitrogen and oxygen atoms in total. The summed E-state index contributed by atoms with van der Waals surface area (Å²) in [6.07, 6.45) is -0.507. The topological polar surface area (TPSA) is 86.1 Å². The van der Waals surface area contributed by atoms with E-state index in [-0.39, 0.29) is 17.8 Å². The number of nitrogens with one attached hydrogen (secondary N) is 2. The summed E-state index contributed by atoms with van der Waals surface area (Å²) in [5.41, 5.74) is -0.233. The third-order valence-corrected chi connectivity index (χ3v) is 4.22. The Morgan fingerprint density at radius 1 is 1.45 bits per heavy atom. The molecule has 20 heavy (non-hydrogen) atoms. The molecule has 8 heteroatoms. The summed E-state index contributed by atoms with van der Waals surface area (Å²) in [7, 11) is 0. The molecule has 0 radical (unpaired) electrons. The molecule has 0 amide bonds. The summed E-state index contributed by atoms with van der Waals surface area (Å²) < 4.78 is 5.82. The van der Waals surface area contributed by atoms with E-state index in [1.54, 1.807) is 6.08 Å². The monoisotopic (exact) mass is 323 g/mol. The first kappa shape index (κ1) is 17.7. The minimum Gasteiger partial charge on any atom is -0.388 e. The van der Waals surface area contributed by atoms with Gasteiger partial charge < -0.3 is 25.6 Å². The van der Waals surface area contributed by atoms with E-state index in [2.05, 4.69) is 22.2 Å². The molecule has 0 aromatic carbocycles. The van der Waals surface area contributed by atoms with Gasteiger partial charge in [0.25, 0.3) is 0 Å². The van der Waals surface area contributed by atoms with Crippen LogP contribution in [0, 0.1) is 0 Å². The Balaban J connectivity index is 0.00000200. The van der Waals surface area contributed by atoms with Crippen LogP contribution in [-0.2, 0) is 4.74 Å². The fourth-order valence-electron chi connectivity index (χ4n) is 2.16. The van der Waals surface area contributed by atoms with Crippen molar-refractivity contribution in [1.82, 2.24) is 10.6 Å². The smallest absolute Gasteiger partial charge is 0.159 e. The quantitative estimate of drug-likeness (QED) is 0.411. The van der Waals surface area contributed by atoms with Crippen molar-refractivity contribution < 1.29 is 14.9 Å². The number of fused-ring (bicyclic) bond motifs is 1. The second-order valence-electron chi connectivity index (χ2n) is 4.54. The molecular weight excluding hydrogens is 302 g/mol. The van der Waals surface area contributed by atoms with Crippen LogP contribution in [0.15, 0.2) is 17.6 Å². The largest absolute Gasteiger partial charge is 0.388 e. The van der Waals surface area contributed by atoms with Crippen molar-refractivity contribution in [2.45, 2.75) is 36.7 Å². The molecule has 0 aromatic rings. The Kier molecular flexibility index (Phi) is 7.28. The second-order valence-corrected chi connectivity index (χ2v) is 5.63. The summed E-state index contributed by atoms with van der Waals surface area (Å²) in [6.45, 7) is 7.49. The summed E-state index contributed by atoms with van der Waals surface area (Å²) in [5.74, 6) is 0. The molecule has 1 fully saturated rings. The highest BCUT2D eigenvalue weighted by Crippen LogP contribution is 2.35. The van der Waals surface area contributed by atoms with Gasteiger partial charge in [-0.15, -0.1) is 19.0 Å². The van der Waals surface area contributed by atoms with Crippen LogP contribution in [0.4, 0.5) is 0 Å². The number of rotatable bonds is 5. The third-order valence-electron chi connectivity index (χ3n) is 3.12. The average molecular weight is 324 g/mol. The first-order chi connectivity index (χ1) is 9.17. The predicted molar refractivity (Wildman–Crippen MR) is 83.5 cm³/mol. The molecule has 2 rings (SSSR count). The maximum Gasteiger partial charge on any atom is 0.159 e. The number of aliphatic hydroxyl groups is 2. The number of aliphatic imine (C=N–C) groups is 1. The maximum atomic E-state index is 10.1. The molecule has 2 aliphatic heterocycles. The van der Waals surface area contributed by atoms with Crippen molar-refractivity contribution in [1.29, 1.82) is 0 Å². The van der Waals surface area contributed by atoms with Crippen LogP contribution in [0.2, 0.25) is 0 Å². The Morgan fingerprint density at radius 3 is 2.85 bits per heavy atom. The molecule has 0 saturated carbocycles. The normalized spacial score (nSPS) is 35.8. The first-order valence-electron chi connectivity index (χ1n) is 6.49. The number of hydrogen-bond donors (Lipinski definition) is 4. The zero-order valence-corrected chi connectivity index (χ0v) is 13.0. The van der Waals surface area contributed by atoms with Crippen LogP contribution in [0.1, 0.15) is 6.92 Å². The molecule has 2 heterocycles. The van der Waals surface area contributed by atoms with Gasteiger partial charge in [-0.1, -0.05) is 17.8 Å². The predicted octanol–water partition coefficient (Wildman–Crippen LogP) is -0.289. The molecule has 0 spiro atoms. The van der Waals surface area contributed by atoms with E-state index < -0.39 is 24.4 Å². The Bertz CT molecular complexity index is 359. The van der Waals surface area contributed by atoms with Crippen molar-refractivity contribution in [2.24, 2.45) is 4.99 Å². The lowest BCUT2D eigenvalue weighted by Gasteiger charge is -2.38. The average Bonchev–Trinajstić information content (AvgIpc) is 2.79. The standard InChI is InChI=1S/C12H21N3O3S.ClH/c1-3-5-13-6-7-9(16)10(17)8-11(18-7)19-12(15-8)14-4-2;/h3,7-11,13,16-17H,1,4-6H2,2H3,(H,14,15);1H/t7-,8-,9-,10-,11-;/m1./s1. The summed E-state index contributed by atoms with van der Waals surface area (Å²) in [4.78, 5) is 4.36. The van der Waals surface area contributed by atoms with Crippen LogP contribution in [0.5, 0.6) is 0 Å². The fraction of sp³-hybridized carbons (Fsp3) is 0.750. The zero-order chi connectivity index (χ0) is 13.8. The number of ether oxygens (including phenoxy) is 1. The van der Waals surface area contributed by atoms with E-state index in [1.165, 1.54) is 11.8 Å². The van der Waals surface area contributed by atoms with E-state index in [1.807, 2.05) is 6.92 Å². The SMILES string of the molecule is C=CCNC[C@H]1O[C@@H]2SC(NCC)=N[C@@H]2[C@@H](O)[C@@H]1O.Cl. The van der Waals surface area contributed by atoms with Gasteiger partial charge in [0.2, 0.25) is 0 Å². The van der Waals surface area contributed by atoms with Crippen molar-refractivity contribution in [3.8, 4) is 0 Å². The van der Waals surface area contributed by atoms with Crippen LogP contribution in [-0.4, -0.2) is 64.8 Å². The van der Waals surface area contributed by atoms with Gasteiger partial charge in [0.1, 0.15) is 29.8 Å². The van der Waals surface area contributed by atoms with Crippen molar-refractivity contribution >= 4 is 29.3 Å². The van der Waals surface area contributed by atoms with Crippen molar-refractivity contribution in [2.75, 3.05) is 19.6 Å². The molecule has 0 aliphatic carbocycles. The number of nitrogens with zero attached hydrogens (tertiary/aromatic N) is 1. The first-order valence-corrected chi connectivity index (χ1v) is 7.36. The number of aliphatic hydroxyl groups excluding tert-OH is 2. The van der Waals surface area contributed by atoms with Crippen LogP contribution in [0.25, 0.3) is 0 Å². The van der Waals surface area contributed by atoms with E-state index in [9.17, 15) is 10.2 Å². The third kappa shape index (κ3) is 3.87. The molecule has 2 aliphatic rings.